The summed E-state index contributed by atoms with van der Waals surface area (Å²) < 4.78 is 33.5. The normalized spacial score (nSPS) is 16.2. The largest absolute Gasteiger partial charge is 0.383 e. The summed E-state index contributed by atoms with van der Waals surface area (Å²) >= 11 is 0. The van der Waals surface area contributed by atoms with Crippen LogP contribution in [0, 0.1) is 23.0 Å². The van der Waals surface area contributed by atoms with Crippen LogP contribution in [0.3, 0.4) is 0 Å². The number of nitrogens with one attached hydrogen (secondary N) is 2. The minimum Gasteiger partial charge on any atom is -0.383 e. The van der Waals surface area contributed by atoms with Gasteiger partial charge in [-0.2, -0.15) is 10.4 Å². The summed E-state index contributed by atoms with van der Waals surface area (Å²) in [6.07, 6.45) is 2.69. The maximum Gasteiger partial charge on any atom is 0.259 e. The maximum absolute atomic E-state index is 14.3. The van der Waals surface area contributed by atoms with Crippen molar-refractivity contribution in [3.05, 3.63) is 52.3 Å². The summed E-state index contributed by atoms with van der Waals surface area (Å²) in [6.45, 7) is 1.22. The van der Waals surface area contributed by atoms with Crippen LogP contribution in [0.2, 0.25) is 0 Å². The van der Waals surface area contributed by atoms with Crippen molar-refractivity contribution in [3.8, 4) is 6.07 Å². The number of hydrogen-bond acceptors (Lipinski definition) is 5. The lowest BCUT2D eigenvalue weighted by atomic mass is 9.92. The Labute approximate surface area is 171 Å². The van der Waals surface area contributed by atoms with E-state index in [1.807, 2.05) is 0 Å². The van der Waals surface area contributed by atoms with Crippen molar-refractivity contribution in [1.29, 1.82) is 5.26 Å². The molecule has 1 atom stereocenters. The van der Waals surface area contributed by atoms with E-state index in [-0.39, 0.29) is 23.9 Å². The molecule has 1 aliphatic heterocycles. The van der Waals surface area contributed by atoms with E-state index in [1.165, 1.54) is 18.2 Å². The molecule has 158 valence electrons. The van der Waals surface area contributed by atoms with Crippen molar-refractivity contribution in [2.45, 2.75) is 18.8 Å². The van der Waals surface area contributed by atoms with E-state index >= 15 is 0 Å². The smallest absolute Gasteiger partial charge is 0.259 e. The minimum atomic E-state index is -1.07. The number of carbonyl (C=O) groups excluding carboxylic acids is 2. The molecule has 0 unspecified atom stereocenters. The fraction of sp³-hybridized carbons (Fsp3) is 0.400. The van der Waals surface area contributed by atoms with Crippen LogP contribution in [0.15, 0.2) is 18.3 Å². The van der Waals surface area contributed by atoms with Crippen LogP contribution in [0.25, 0.3) is 0 Å². The van der Waals surface area contributed by atoms with Crippen LogP contribution in [0.4, 0.5) is 8.78 Å². The molecule has 1 aromatic carbocycles. The van der Waals surface area contributed by atoms with Crippen molar-refractivity contribution >= 4 is 11.8 Å². The van der Waals surface area contributed by atoms with Crippen molar-refractivity contribution in [3.63, 3.8) is 0 Å². The number of rotatable bonds is 6. The van der Waals surface area contributed by atoms with Gasteiger partial charge in [0.15, 0.2) is 0 Å². The van der Waals surface area contributed by atoms with Gasteiger partial charge in [0.1, 0.15) is 17.2 Å². The Kier molecular flexibility index (Phi) is 6.74. The van der Waals surface area contributed by atoms with Crippen LogP contribution in [0.1, 0.15) is 50.7 Å². The van der Waals surface area contributed by atoms with Crippen LogP contribution >= 0.6 is 0 Å². The van der Waals surface area contributed by atoms with Crippen LogP contribution in [-0.2, 0) is 4.74 Å². The summed E-state index contributed by atoms with van der Waals surface area (Å²) in [7, 11) is 1.53. The standard InChI is InChI=1S/C20H21F2N5O3/c1-30-6-4-24-19(28)14-10-25-26-18(14)13-3-2-5-27(11-13)20(29)17-15(21)7-12(9-23)8-16(17)22/h7-8,10,13H,2-6,11H2,1H3,(H,24,28)(H,25,26)/t13-/m1/s1. The zero-order valence-electron chi connectivity index (χ0n) is 16.4. The summed E-state index contributed by atoms with van der Waals surface area (Å²) in [6, 6.07) is 3.34. The number of benzene rings is 1. The number of nitrogens with zero attached hydrogens (tertiary/aromatic N) is 3. The van der Waals surface area contributed by atoms with Crippen molar-refractivity contribution in [1.82, 2.24) is 20.4 Å². The molecule has 1 fully saturated rings. The maximum atomic E-state index is 14.3. The molecule has 30 heavy (non-hydrogen) atoms. The van der Waals surface area contributed by atoms with Crippen LogP contribution in [-0.4, -0.2) is 60.3 Å². The van der Waals surface area contributed by atoms with Gasteiger partial charge in [0, 0.05) is 32.7 Å². The van der Waals surface area contributed by atoms with Crippen molar-refractivity contribution in [2.75, 3.05) is 33.4 Å². The van der Waals surface area contributed by atoms with Gasteiger partial charge >= 0.3 is 0 Å². The van der Waals surface area contributed by atoms with E-state index in [2.05, 4.69) is 15.5 Å². The summed E-state index contributed by atoms with van der Waals surface area (Å²) in [4.78, 5) is 26.5. The number of ether oxygens (including phenoxy) is 1. The van der Waals surface area contributed by atoms with Gasteiger partial charge in [0.05, 0.1) is 35.7 Å². The zero-order valence-corrected chi connectivity index (χ0v) is 16.4. The molecule has 1 aromatic heterocycles. The lowest BCUT2D eigenvalue weighted by Gasteiger charge is -2.32. The Morgan fingerprint density at radius 1 is 1.40 bits per heavy atom. The zero-order chi connectivity index (χ0) is 21.7. The molecule has 2 amide bonds. The fourth-order valence-electron chi connectivity index (χ4n) is 3.55. The van der Waals surface area contributed by atoms with E-state index in [9.17, 15) is 18.4 Å². The van der Waals surface area contributed by atoms with Gasteiger partial charge in [-0.15, -0.1) is 0 Å². The van der Waals surface area contributed by atoms with E-state index < -0.39 is 23.1 Å². The van der Waals surface area contributed by atoms with Gasteiger partial charge in [-0.3, -0.25) is 14.7 Å². The van der Waals surface area contributed by atoms with Gasteiger partial charge < -0.3 is 15.0 Å². The molecule has 2 N–H and O–H groups in total. The van der Waals surface area contributed by atoms with Gasteiger partial charge in [-0.25, -0.2) is 8.78 Å². The monoisotopic (exact) mass is 417 g/mol. The number of aromatic nitrogens is 2. The fourth-order valence-corrected chi connectivity index (χ4v) is 3.55. The number of H-pyrrole nitrogens is 1. The molecule has 0 bridgehead atoms. The van der Waals surface area contributed by atoms with E-state index in [4.69, 9.17) is 10.00 Å². The summed E-state index contributed by atoms with van der Waals surface area (Å²) in [5.74, 6) is -3.48. The van der Waals surface area contributed by atoms with E-state index in [0.29, 0.717) is 43.8 Å². The molecule has 0 radical (unpaired) electrons. The number of carbonyl (C=O) groups is 2. The Bertz CT molecular complexity index is 962. The first-order chi connectivity index (χ1) is 14.5. The summed E-state index contributed by atoms with van der Waals surface area (Å²) in [5.41, 5.74) is 0.0563. The number of halogens is 2. The van der Waals surface area contributed by atoms with Crippen molar-refractivity contribution in [2.24, 2.45) is 0 Å². The minimum absolute atomic E-state index is 0.179. The molecule has 8 nitrogen and oxygen atoms in total. The third kappa shape index (κ3) is 4.46. The molecule has 1 saturated heterocycles. The highest BCUT2D eigenvalue weighted by atomic mass is 19.1. The molecule has 0 spiro atoms. The third-order valence-electron chi connectivity index (χ3n) is 5.01. The number of nitriles is 1. The molecule has 2 aromatic rings. The second kappa shape index (κ2) is 9.45. The van der Waals surface area contributed by atoms with E-state index in [1.54, 1.807) is 6.07 Å². The second-order valence-electron chi connectivity index (χ2n) is 6.96. The molecule has 0 saturated carbocycles. The van der Waals surface area contributed by atoms with Gasteiger partial charge in [0.2, 0.25) is 0 Å². The Balaban J connectivity index is 1.77. The second-order valence-corrected chi connectivity index (χ2v) is 6.96. The number of aromatic amines is 1. The first kappa shape index (κ1) is 21.4. The molecule has 1 aliphatic rings. The molecule has 2 heterocycles. The lowest BCUT2D eigenvalue weighted by molar-refractivity contribution is 0.0695. The van der Waals surface area contributed by atoms with Crippen LogP contribution < -0.4 is 5.32 Å². The first-order valence-corrected chi connectivity index (χ1v) is 9.45. The van der Waals surface area contributed by atoms with Gasteiger partial charge in [-0.05, 0) is 25.0 Å². The van der Waals surface area contributed by atoms with Crippen molar-refractivity contribution < 1.29 is 23.1 Å². The molecule has 0 aliphatic carbocycles. The molecular formula is C20H21F2N5O3. The third-order valence-corrected chi connectivity index (χ3v) is 5.01. The topological polar surface area (TPSA) is 111 Å². The van der Waals surface area contributed by atoms with Gasteiger partial charge in [0.25, 0.3) is 11.8 Å². The highest BCUT2D eigenvalue weighted by Crippen LogP contribution is 2.29. The number of likely N-dealkylation sites (tertiary alicyclic amines) is 1. The SMILES string of the molecule is COCCNC(=O)c1cn[nH]c1[C@@H]1CCCN(C(=O)c2c(F)cc(C#N)cc2F)C1. The predicted molar refractivity (Wildman–Crippen MR) is 102 cm³/mol. The first-order valence-electron chi connectivity index (χ1n) is 9.45. The highest BCUT2D eigenvalue weighted by Gasteiger charge is 2.31. The Hall–Kier alpha value is -3.32. The molecular weight excluding hydrogens is 396 g/mol. The molecule has 3 rings (SSSR count). The molecule has 10 heteroatoms. The Morgan fingerprint density at radius 2 is 2.13 bits per heavy atom. The van der Waals surface area contributed by atoms with E-state index in [0.717, 1.165) is 12.1 Å². The average Bonchev–Trinajstić information content (AvgIpc) is 3.23. The van der Waals surface area contributed by atoms with Crippen LogP contribution in [0.5, 0.6) is 0 Å². The lowest BCUT2D eigenvalue weighted by Crippen LogP contribution is -2.40. The number of piperidine rings is 1. The number of hydrogen-bond donors (Lipinski definition) is 2. The summed E-state index contributed by atoms with van der Waals surface area (Å²) in [5, 5.41) is 18.3. The predicted octanol–water partition coefficient (Wildman–Crippen LogP) is 1.96. The number of methoxy groups -OCH3 is 1. The highest BCUT2D eigenvalue weighted by molar-refractivity contribution is 5.96. The quantitative estimate of drug-likeness (QED) is 0.698. The number of amides is 2. The average molecular weight is 417 g/mol. The Morgan fingerprint density at radius 3 is 2.80 bits per heavy atom. The van der Waals surface area contributed by atoms with Gasteiger partial charge in [-0.1, -0.05) is 0 Å².